The van der Waals surface area contributed by atoms with E-state index >= 15 is 0 Å². The van der Waals surface area contributed by atoms with E-state index in [9.17, 15) is 4.79 Å². The molecule has 0 amide bonds. The van der Waals surface area contributed by atoms with Crippen LogP contribution in [0.3, 0.4) is 0 Å². The van der Waals surface area contributed by atoms with Crippen molar-refractivity contribution in [1.82, 2.24) is 0 Å². The van der Waals surface area contributed by atoms with E-state index in [4.69, 9.17) is 10.5 Å². The van der Waals surface area contributed by atoms with Crippen molar-refractivity contribution in [3.8, 4) is 5.75 Å². The average molecular weight is 270 g/mol. The molecule has 0 unspecified atom stereocenters. The Labute approximate surface area is 113 Å². The summed E-state index contributed by atoms with van der Waals surface area (Å²) in [4.78, 5) is 12.6. The Morgan fingerprint density at radius 1 is 1.50 bits per heavy atom. The van der Waals surface area contributed by atoms with E-state index in [2.05, 4.69) is 12.2 Å². The first-order valence-corrected chi connectivity index (χ1v) is 7.08. The van der Waals surface area contributed by atoms with Gasteiger partial charge in [-0.2, -0.15) is 0 Å². The Balaban J connectivity index is 2.97. The molecule has 0 aliphatic carbocycles. The molecule has 4 nitrogen and oxygen atoms in total. The monoisotopic (exact) mass is 270 g/mol. The fraction of sp³-hybridized carbons (Fsp3) is 0.615. The molecule has 18 heavy (non-hydrogen) atoms. The van der Waals surface area contributed by atoms with Gasteiger partial charge in [-0.3, -0.25) is 4.79 Å². The number of nitrogen functional groups attached to an aromatic ring is 1. The van der Waals surface area contributed by atoms with Crippen LogP contribution in [0.25, 0.3) is 0 Å². The van der Waals surface area contributed by atoms with Gasteiger partial charge in [0.25, 0.3) is 0 Å². The van der Waals surface area contributed by atoms with E-state index in [0.717, 1.165) is 24.4 Å². The Bertz CT molecular complexity index is 413. The van der Waals surface area contributed by atoms with Crippen molar-refractivity contribution >= 4 is 27.8 Å². The molecule has 0 saturated heterocycles. The van der Waals surface area contributed by atoms with Gasteiger partial charge in [0.05, 0.1) is 17.7 Å². The zero-order chi connectivity index (χ0) is 13.7. The number of nitrogens with one attached hydrogen (secondary N) is 1. The number of hydrogen-bond donors (Lipinski definition) is 2. The predicted octanol–water partition coefficient (Wildman–Crippen LogP) is 3.39. The molecule has 0 fully saturated rings. The van der Waals surface area contributed by atoms with Crippen LogP contribution in [0.4, 0.5) is 10.7 Å². The van der Waals surface area contributed by atoms with Crippen molar-refractivity contribution in [1.29, 1.82) is 0 Å². The lowest BCUT2D eigenvalue weighted by Gasteiger charge is -2.05. The molecule has 1 aromatic rings. The number of nitrogens with two attached hydrogens (primary N) is 1. The van der Waals surface area contributed by atoms with Crippen LogP contribution in [0.15, 0.2) is 0 Å². The van der Waals surface area contributed by atoms with E-state index in [1.807, 2.05) is 13.8 Å². The second-order valence-corrected chi connectivity index (χ2v) is 5.53. The SMILES string of the molecule is CCCCNc1sc(C(=O)C(C)C)c(N)c1OC. The number of carbonyl (C=O) groups excluding carboxylic acids is 1. The molecule has 0 atom stereocenters. The third kappa shape index (κ3) is 3.16. The van der Waals surface area contributed by atoms with Crippen LogP contribution in [0.5, 0.6) is 5.75 Å². The summed E-state index contributed by atoms with van der Waals surface area (Å²) >= 11 is 1.39. The highest BCUT2D eigenvalue weighted by Gasteiger charge is 2.23. The normalized spacial score (nSPS) is 10.7. The highest BCUT2D eigenvalue weighted by Crippen LogP contribution is 2.43. The topological polar surface area (TPSA) is 64.4 Å². The number of anilines is 2. The van der Waals surface area contributed by atoms with Gasteiger partial charge in [-0.25, -0.2) is 0 Å². The molecule has 102 valence electrons. The molecule has 0 spiro atoms. The van der Waals surface area contributed by atoms with Gasteiger partial charge in [-0.15, -0.1) is 11.3 Å². The minimum absolute atomic E-state index is 0.0563. The molecule has 0 bridgehead atoms. The van der Waals surface area contributed by atoms with Gasteiger partial charge in [0.15, 0.2) is 11.5 Å². The molecular weight excluding hydrogens is 248 g/mol. The highest BCUT2D eigenvalue weighted by atomic mass is 32.1. The van der Waals surface area contributed by atoms with Crippen molar-refractivity contribution in [2.24, 2.45) is 5.92 Å². The standard InChI is InChI=1S/C13H22N2O2S/c1-5-6-7-15-13-11(17-4)9(14)12(18-13)10(16)8(2)3/h8,15H,5-7,14H2,1-4H3. The van der Waals surface area contributed by atoms with E-state index in [-0.39, 0.29) is 11.7 Å². The minimum Gasteiger partial charge on any atom is -0.492 e. The zero-order valence-corrected chi connectivity index (χ0v) is 12.3. The number of thiophene rings is 1. The van der Waals surface area contributed by atoms with Crippen molar-refractivity contribution in [2.75, 3.05) is 24.7 Å². The summed E-state index contributed by atoms with van der Waals surface area (Å²) < 4.78 is 5.29. The van der Waals surface area contributed by atoms with Crippen molar-refractivity contribution in [3.63, 3.8) is 0 Å². The largest absolute Gasteiger partial charge is 0.492 e. The van der Waals surface area contributed by atoms with Gasteiger partial charge in [-0.05, 0) is 6.42 Å². The van der Waals surface area contributed by atoms with Gasteiger partial charge in [0, 0.05) is 12.5 Å². The Hall–Kier alpha value is -1.23. The molecule has 0 aliphatic rings. The molecule has 0 saturated carbocycles. The van der Waals surface area contributed by atoms with Crippen molar-refractivity contribution < 1.29 is 9.53 Å². The fourth-order valence-electron chi connectivity index (χ4n) is 1.57. The van der Waals surface area contributed by atoms with Gasteiger partial charge < -0.3 is 15.8 Å². The van der Waals surface area contributed by atoms with Crippen LogP contribution >= 0.6 is 11.3 Å². The molecule has 0 aliphatic heterocycles. The summed E-state index contributed by atoms with van der Waals surface area (Å²) in [6.07, 6.45) is 2.20. The summed E-state index contributed by atoms with van der Waals surface area (Å²) in [5, 5.41) is 4.14. The first-order chi connectivity index (χ1) is 8.52. The zero-order valence-electron chi connectivity index (χ0n) is 11.5. The predicted molar refractivity (Wildman–Crippen MR) is 77.8 cm³/mol. The van der Waals surface area contributed by atoms with Crippen molar-refractivity contribution in [2.45, 2.75) is 33.6 Å². The average Bonchev–Trinajstić information content (AvgIpc) is 2.65. The van der Waals surface area contributed by atoms with Gasteiger partial charge in [0.1, 0.15) is 5.00 Å². The van der Waals surface area contributed by atoms with Crippen LogP contribution < -0.4 is 15.8 Å². The van der Waals surface area contributed by atoms with Gasteiger partial charge >= 0.3 is 0 Å². The first kappa shape index (κ1) is 14.8. The Morgan fingerprint density at radius 3 is 2.67 bits per heavy atom. The first-order valence-electron chi connectivity index (χ1n) is 6.27. The summed E-state index contributed by atoms with van der Waals surface area (Å²) in [7, 11) is 1.58. The van der Waals surface area contributed by atoms with Crippen LogP contribution in [-0.2, 0) is 0 Å². The number of unbranched alkanes of at least 4 members (excludes halogenated alkanes) is 1. The lowest BCUT2D eigenvalue weighted by Crippen LogP contribution is -2.07. The molecule has 3 N–H and O–H groups in total. The number of Topliss-reactive ketones (excluding diaryl/α,β-unsaturated/α-hetero) is 1. The highest BCUT2D eigenvalue weighted by molar-refractivity contribution is 7.19. The maximum Gasteiger partial charge on any atom is 0.177 e. The fourth-order valence-corrected chi connectivity index (χ4v) is 2.78. The van der Waals surface area contributed by atoms with Gasteiger partial charge in [-0.1, -0.05) is 27.2 Å². The molecule has 1 aromatic heterocycles. The third-order valence-corrected chi connectivity index (χ3v) is 3.83. The quantitative estimate of drug-likeness (QED) is 0.589. The van der Waals surface area contributed by atoms with Crippen LogP contribution in [0.1, 0.15) is 43.3 Å². The van der Waals surface area contributed by atoms with Crippen molar-refractivity contribution in [3.05, 3.63) is 4.88 Å². The molecule has 0 aromatic carbocycles. The second-order valence-electron chi connectivity index (χ2n) is 4.51. The van der Waals surface area contributed by atoms with Crippen LogP contribution in [0.2, 0.25) is 0 Å². The number of rotatable bonds is 7. The number of hydrogen-bond acceptors (Lipinski definition) is 5. The summed E-state index contributed by atoms with van der Waals surface area (Å²) in [6, 6.07) is 0. The van der Waals surface area contributed by atoms with E-state index in [1.54, 1.807) is 7.11 Å². The van der Waals surface area contributed by atoms with Crippen LogP contribution in [0, 0.1) is 5.92 Å². The van der Waals surface area contributed by atoms with Crippen LogP contribution in [-0.4, -0.2) is 19.4 Å². The molecule has 0 radical (unpaired) electrons. The van der Waals surface area contributed by atoms with Gasteiger partial charge in [0.2, 0.25) is 0 Å². The number of methoxy groups -OCH3 is 1. The Kier molecular flexibility index (Phi) is 5.47. The summed E-state index contributed by atoms with van der Waals surface area (Å²) in [6.45, 7) is 6.74. The second kappa shape index (κ2) is 6.64. The van der Waals surface area contributed by atoms with E-state index in [1.165, 1.54) is 11.3 Å². The molecular formula is C13H22N2O2S. The maximum absolute atomic E-state index is 12.0. The summed E-state index contributed by atoms with van der Waals surface area (Å²) in [5.41, 5.74) is 6.44. The number of ketones is 1. The van der Waals surface area contributed by atoms with E-state index in [0.29, 0.717) is 16.3 Å². The Morgan fingerprint density at radius 2 is 2.17 bits per heavy atom. The summed E-state index contributed by atoms with van der Waals surface area (Å²) in [5.74, 6) is 0.610. The number of ether oxygens (including phenoxy) is 1. The van der Waals surface area contributed by atoms with E-state index < -0.39 is 0 Å². The molecule has 1 heterocycles. The smallest absolute Gasteiger partial charge is 0.177 e. The number of carbonyl (C=O) groups is 1. The molecule has 1 rings (SSSR count). The third-order valence-electron chi connectivity index (χ3n) is 2.67. The maximum atomic E-state index is 12.0. The molecule has 5 heteroatoms. The lowest BCUT2D eigenvalue weighted by atomic mass is 10.1. The minimum atomic E-state index is -0.0563. The lowest BCUT2D eigenvalue weighted by molar-refractivity contribution is 0.0944.